The Bertz CT molecular complexity index is 301. The number of hydrogen-bond donors (Lipinski definition) is 1. The first-order valence-electron chi connectivity index (χ1n) is 6.23. The minimum atomic E-state index is 0.708. The van der Waals surface area contributed by atoms with Gasteiger partial charge in [0.2, 0.25) is 0 Å². The third kappa shape index (κ3) is 3.44. The van der Waals surface area contributed by atoms with Crippen molar-refractivity contribution in [1.82, 2.24) is 0 Å². The lowest BCUT2D eigenvalue weighted by atomic mass is 9.95. The fraction of sp³-hybridized carbons (Fsp3) is 0.571. The number of thioether (sulfide) groups is 1. The van der Waals surface area contributed by atoms with Gasteiger partial charge in [0.25, 0.3) is 0 Å². The topological polar surface area (TPSA) is 12.0 Å². The molecule has 0 aliphatic heterocycles. The van der Waals surface area contributed by atoms with Crippen LogP contribution < -0.4 is 5.32 Å². The first-order chi connectivity index (χ1) is 7.88. The molecule has 1 aliphatic carbocycles. The van der Waals surface area contributed by atoms with Crippen molar-refractivity contribution in [3.8, 4) is 0 Å². The highest BCUT2D eigenvalue weighted by atomic mass is 32.2. The Hall–Kier alpha value is -0.630. The van der Waals surface area contributed by atoms with E-state index in [1.54, 1.807) is 0 Å². The van der Waals surface area contributed by atoms with Gasteiger partial charge < -0.3 is 5.32 Å². The SMILES string of the molecule is CSCc1ccc(NC2CCCCC2)cc1. The molecule has 0 saturated heterocycles. The van der Waals surface area contributed by atoms with Crippen molar-refractivity contribution in [2.75, 3.05) is 11.6 Å². The van der Waals surface area contributed by atoms with Gasteiger partial charge in [-0.1, -0.05) is 31.4 Å². The first kappa shape index (κ1) is 11.8. The molecule has 16 heavy (non-hydrogen) atoms. The normalized spacial score (nSPS) is 17.3. The second-order valence-corrected chi connectivity index (χ2v) is 5.48. The molecule has 0 bridgehead atoms. The molecule has 1 saturated carbocycles. The van der Waals surface area contributed by atoms with E-state index in [1.807, 2.05) is 11.8 Å². The zero-order valence-electron chi connectivity index (χ0n) is 10.0. The Morgan fingerprint density at radius 3 is 2.44 bits per heavy atom. The molecule has 0 unspecified atom stereocenters. The Labute approximate surface area is 103 Å². The third-order valence-electron chi connectivity index (χ3n) is 3.24. The lowest BCUT2D eigenvalue weighted by Gasteiger charge is -2.23. The van der Waals surface area contributed by atoms with Crippen LogP contribution in [-0.2, 0) is 5.75 Å². The van der Waals surface area contributed by atoms with Gasteiger partial charge in [-0.05, 0) is 36.8 Å². The van der Waals surface area contributed by atoms with Crippen molar-refractivity contribution in [2.45, 2.75) is 43.9 Å². The molecule has 0 amide bonds. The molecular weight excluding hydrogens is 214 g/mol. The largest absolute Gasteiger partial charge is 0.382 e. The van der Waals surface area contributed by atoms with E-state index >= 15 is 0 Å². The number of anilines is 1. The second kappa shape index (κ2) is 6.19. The Morgan fingerprint density at radius 1 is 1.12 bits per heavy atom. The summed E-state index contributed by atoms with van der Waals surface area (Å²) in [7, 11) is 0. The minimum Gasteiger partial charge on any atom is -0.382 e. The van der Waals surface area contributed by atoms with Gasteiger partial charge in [0, 0.05) is 17.5 Å². The van der Waals surface area contributed by atoms with E-state index < -0.39 is 0 Å². The summed E-state index contributed by atoms with van der Waals surface area (Å²) >= 11 is 1.88. The summed E-state index contributed by atoms with van der Waals surface area (Å²) < 4.78 is 0. The Morgan fingerprint density at radius 2 is 1.81 bits per heavy atom. The lowest BCUT2D eigenvalue weighted by molar-refractivity contribution is 0.463. The van der Waals surface area contributed by atoms with E-state index in [2.05, 4.69) is 35.8 Å². The van der Waals surface area contributed by atoms with Crippen LogP contribution in [0.25, 0.3) is 0 Å². The zero-order chi connectivity index (χ0) is 11.2. The van der Waals surface area contributed by atoms with Crippen LogP contribution in [0.5, 0.6) is 0 Å². The van der Waals surface area contributed by atoms with E-state index in [-0.39, 0.29) is 0 Å². The Balaban J connectivity index is 1.88. The summed E-state index contributed by atoms with van der Waals surface area (Å²) in [5.74, 6) is 1.11. The standard InChI is InChI=1S/C14H21NS/c1-16-11-12-7-9-14(10-8-12)15-13-5-3-2-4-6-13/h7-10,13,15H,2-6,11H2,1H3. The van der Waals surface area contributed by atoms with Crippen LogP contribution in [0.2, 0.25) is 0 Å². The molecule has 2 heteroatoms. The van der Waals surface area contributed by atoms with E-state index in [1.165, 1.54) is 43.4 Å². The van der Waals surface area contributed by atoms with E-state index in [0.717, 1.165) is 5.75 Å². The zero-order valence-corrected chi connectivity index (χ0v) is 10.9. The second-order valence-electron chi connectivity index (χ2n) is 4.61. The maximum absolute atomic E-state index is 3.64. The van der Waals surface area contributed by atoms with Gasteiger partial charge in [-0.15, -0.1) is 0 Å². The molecule has 1 N–H and O–H groups in total. The summed E-state index contributed by atoms with van der Waals surface area (Å²) in [4.78, 5) is 0. The van der Waals surface area contributed by atoms with Gasteiger partial charge in [-0.2, -0.15) is 11.8 Å². The molecule has 1 aromatic rings. The third-order valence-corrected chi connectivity index (χ3v) is 3.86. The molecule has 88 valence electrons. The van der Waals surface area contributed by atoms with Crippen LogP contribution >= 0.6 is 11.8 Å². The van der Waals surface area contributed by atoms with Crippen molar-refractivity contribution < 1.29 is 0 Å². The fourth-order valence-corrected chi connectivity index (χ4v) is 2.87. The highest BCUT2D eigenvalue weighted by molar-refractivity contribution is 7.97. The van der Waals surface area contributed by atoms with Crippen LogP contribution in [0.4, 0.5) is 5.69 Å². The highest BCUT2D eigenvalue weighted by Gasteiger charge is 2.12. The first-order valence-corrected chi connectivity index (χ1v) is 7.62. The monoisotopic (exact) mass is 235 g/mol. The molecule has 1 aliphatic rings. The average Bonchev–Trinajstić information content (AvgIpc) is 2.33. The molecule has 0 radical (unpaired) electrons. The predicted octanol–water partition coefficient (Wildman–Crippen LogP) is 4.29. The molecule has 0 heterocycles. The van der Waals surface area contributed by atoms with Crippen LogP contribution in [0.1, 0.15) is 37.7 Å². The summed E-state index contributed by atoms with van der Waals surface area (Å²) in [5, 5.41) is 3.64. The quantitative estimate of drug-likeness (QED) is 0.835. The number of hydrogen-bond acceptors (Lipinski definition) is 2. The molecule has 1 fully saturated rings. The number of rotatable bonds is 4. The number of benzene rings is 1. The van der Waals surface area contributed by atoms with Crippen LogP contribution in [0.3, 0.4) is 0 Å². The van der Waals surface area contributed by atoms with Gasteiger partial charge in [-0.3, -0.25) is 0 Å². The minimum absolute atomic E-state index is 0.708. The predicted molar refractivity (Wildman–Crippen MR) is 74.2 cm³/mol. The summed E-state index contributed by atoms with van der Waals surface area (Å²) in [5.41, 5.74) is 2.71. The van der Waals surface area contributed by atoms with Gasteiger partial charge in [0.05, 0.1) is 0 Å². The molecule has 1 nitrogen and oxygen atoms in total. The van der Waals surface area contributed by atoms with E-state index in [4.69, 9.17) is 0 Å². The van der Waals surface area contributed by atoms with Crippen molar-refractivity contribution in [3.63, 3.8) is 0 Å². The molecule has 1 aromatic carbocycles. The van der Waals surface area contributed by atoms with Crippen molar-refractivity contribution >= 4 is 17.4 Å². The molecule has 0 spiro atoms. The van der Waals surface area contributed by atoms with Crippen molar-refractivity contribution in [2.24, 2.45) is 0 Å². The maximum Gasteiger partial charge on any atom is 0.0342 e. The average molecular weight is 235 g/mol. The van der Waals surface area contributed by atoms with E-state index in [9.17, 15) is 0 Å². The summed E-state index contributed by atoms with van der Waals surface area (Å²) in [6.45, 7) is 0. The van der Waals surface area contributed by atoms with Crippen molar-refractivity contribution in [3.05, 3.63) is 29.8 Å². The molecule has 0 atom stereocenters. The van der Waals surface area contributed by atoms with Gasteiger partial charge in [0.1, 0.15) is 0 Å². The van der Waals surface area contributed by atoms with Gasteiger partial charge >= 0.3 is 0 Å². The molecule has 2 rings (SSSR count). The molecule has 0 aromatic heterocycles. The van der Waals surface area contributed by atoms with E-state index in [0.29, 0.717) is 6.04 Å². The van der Waals surface area contributed by atoms with Crippen LogP contribution in [0, 0.1) is 0 Å². The summed E-state index contributed by atoms with van der Waals surface area (Å²) in [6, 6.07) is 9.63. The lowest BCUT2D eigenvalue weighted by Crippen LogP contribution is -2.22. The molecular formula is C14H21NS. The van der Waals surface area contributed by atoms with Crippen molar-refractivity contribution in [1.29, 1.82) is 0 Å². The smallest absolute Gasteiger partial charge is 0.0342 e. The maximum atomic E-state index is 3.64. The van der Waals surface area contributed by atoms with Gasteiger partial charge in [-0.25, -0.2) is 0 Å². The van der Waals surface area contributed by atoms with Crippen LogP contribution in [-0.4, -0.2) is 12.3 Å². The Kier molecular flexibility index (Phi) is 4.58. The summed E-state index contributed by atoms with van der Waals surface area (Å²) in [6.07, 6.45) is 9.03. The van der Waals surface area contributed by atoms with Crippen LogP contribution in [0.15, 0.2) is 24.3 Å². The highest BCUT2D eigenvalue weighted by Crippen LogP contribution is 2.22. The fourth-order valence-electron chi connectivity index (χ4n) is 2.35. The van der Waals surface area contributed by atoms with Gasteiger partial charge in [0.15, 0.2) is 0 Å². The number of nitrogens with one attached hydrogen (secondary N) is 1.